The van der Waals surface area contributed by atoms with Crippen molar-refractivity contribution in [1.29, 1.82) is 0 Å². The molecule has 0 aliphatic rings. The maximum absolute atomic E-state index is 14.8. The zero-order chi connectivity index (χ0) is 27.5. The minimum absolute atomic E-state index is 0.0938. The highest BCUT2D eigenvalue weighted by Gasteiger charge is 2.57. The highest BCUT2D eigenvalue weighted by molar-refractivity contribution is 6.06. The summed E-state index contributed by atoms with van der Waals surface area (Å²) >= 11 is 0. The van der Waals surface area contributed by atoms with Gasteiger partial charge in [0, 0.05) is 28.0 Å². The van der Waals surface area contributed by atoms with Gasteiger partial charge in [0.1, 0.15) is 11.4 Å². The van der Waals surface area contributed by atoms with Crippen molar-refractivity contribution in [1.82, 2.24) is 14.8 Å². The van der Waals surface area contributed by atoms with Crippen LogP contribution in [0.4, 0.5) is 17.6 Å². The Hall–Kier alpha value is -4.18. The van der Waals surface area contributed by atoms with Gasteiger partial charge in [0.25, 0.3) is 0 Å². The smallest absolute Gasteiger partial charge is 0.425 e. The molecule has 5 rings (SSSR count). The van der Waals surface area contributed by atoms with Gasteiger partial charge in [-0.05, 0) is 68.8 Å². The van der Waals surface area contributed by atoms with Gasteiger partial charge < -0.3 is 14.8 Å². The van der Waals surface area contributed by atoms with Gasteiger partial charge in [-0.2, -0.15) is 18.3 Å². The number of alkyl halides is 3. The number of benzene rings is 3. The van der Waals surface area contributed by atoms with E-state index in [1.807, 2.05) is 0 Å². The van der Waals surface area contributed by atoms with Gasteiger partial charge in [0.2, 0.25) is 5.60 Å². The Morgan fingerprint density at radius 3 is 2.39 bits per heavy atom. The third-order valence-electron chi connectivity index (χ3n) is 6.18. The monoisotopic (exact) mass is 525 g/mol. The quantitative estimate of drug-likeness (QED) is 0.210. The molecule has 1 unspecified atom stereocenters. The summed E-state index contributed by atoms with van der Waals surface area (Å²) in [4.78, 5) is 15.7. The molecule has 6 nitrogen and oxygen atoms in total. The molecule has 0 aliphatic heterocycles. The van der Waals surface area contributed by atoms with Gasteiger partial charge in [-0.25, -0.2) is 13.9 Å². The maximum Gasteiger partial charge on any atom is 0.425 e. The van der Waals surface area contributed by atoms with Crippen LogP contribution in [0.5, 0.6) is 0 Å². The number of aromatic nitrogens is 3. The van der Waals surface area contributed by atoms with E-state index in [1.54, 1.807) is 20.8 Å². The van der Waals surface area contributed by atoms with Gasteiger partial charge >= 0.3 is 12.1 Å². The van der Waals surface area contributed by atoms with Gasteiger partial charge in [0.05, 0.1) is 23.0 Å². The molecule has 38 heavy (non-hydrogen) atoms. The van der Waals surface area contributed by atoms with Crippen LogP contribution >= 0.6 is 0 Å². The van der Waals surface area contributed by atoms with E-state index in [1.165, 1.54) is 65.6 Å². The Labute approximate surface area is 214 Å². The highest BCUT2D eigenvalue weighted by atomic mass is 19.4. The first-order valence-electron chi connectivity index (χ1n) is 11.7. The molecule has 0 saturated carbocycles. The molecule has 196 valence electrons. The molecular formula is C28H23F4N3O3. The first kappa shape index (κ1) is 25.5. The number of nitrogens with zero attached hydrogens (tertiary/aromatic N) is 2. The zero-order valence-corrected chi connectivity index (χ0v) is 20.6. The Morgan fingerprint density at radius 1 is 1.03 bits per heavy atom. The van der Waals surface area contributed by atoms with Crippen LogP contribution in [0, 0.1) is 5.82 Å². The predicted molar refractivity (Wildman–Crippen MR) is 134 cm³/mol. The van der Waals surface area contributed by atoms with Gasteiger partial charge in [-0.15, -0.1) is 0 Å². The van der Waals surface area contributed by atoms with E-state index in [-0.39, 0.29) is 16.5 Å². The Bertz CT molecular complexity index is 1660. The fourth-order valence-corrected chi connectivity index (χ4v) is 4.50. The standard InChI is InChI=1S/C28H23F4N3O3/c1-26(2,3)38-25(36)20-15-33-22-6-4-5-21(24(20)22)27(37,28(30,31)32)17-7-12-23-16(13-17)14-34-35(23)19-10-8-18(29)9-11-19/h4-15,33,37H,1-3H3. The molecule has 2 aromatic heterocycles. The summed E-state index contributed by atoms with van der Waals surface area (Å²) in [6, 6.07) is 13.3. The average Bonchev–Trinajstić information content (AvgIpc) is 3.46. The second kappa shape index (κ2) is 8.70. The molecule has 0 radical (unpaired) electrons. The zero-order valence-electron chi connectivity index (χ0n) is 20.6. The average molecular weight is 526 g/mol. The van der Waals surface area contributed by atoms with E-state index in [0.717, 1.165) is 12.1 Å². The van der Waals surface area contributed by atoms with Crippen molar-refractivity contribution in [2.75, 3.05) is 0 Å². The van der Waals surface area contributed by atoms with Crippen molar-refractivity contribution in [3.8, 4) is 5.69 Å². The number of nitrogens with one attached hydrogen (secondary N) is 1. The van der Waals surface area contributed by atoms with Crippen molar-refractivity contribution >= 4 is 27.8 Å². The molecule has 2 heterocycles. The van der Waals surface area contributed by atoms with Gasteiger partial charge in [-0.1, -0.05) is 18.2 Å². The number of aromatic amines is 1. The normalized spacial score (nSPS) is 14.1. The maximum atomic E-state index is 14.8. The van der Waals surface area contributed by atoms with Crippen LogP contribution in [0.25, 0.3) is 27.5 Å². The highest BCUT2D eigenvalue weighted by Crippen LogP contribution is 2.47. The lowest BCUT2D eigenvalue weighted by Crippen LogP contribution is -2.43. The van der Waals surface area contributed by atoms with E-state index in [2.05, 4.69) is 10.1 Å². The van der Waals surface area contributed by atoms with E-state index in [4.69, 9.17) is 4.74 Å². The van der Waals surface area contributed by atoms with Crippen molar-refractivity contribution < 1.29 is 32.2 Å². The molecule has 10 heteroatoms. The fraction of sp³-hybridized carbons (Fsp3) is 0.214. The second-order valence-electron chi connectivity index (χ2n) is 9.95. The molecule has 0 fully saturated rings. The number of rotatable bonds is 4. The number of carbonyl (C=O) groups is 1. The van der Waals surface area contributed by atoms with Crippen molar-refractivity contribution in [3.63, 3.8) is 0 Å². The van der Waals surface area contributed by atoms with Crippen LogP contribution in [-0.4, -0.2) is 37.6 Å². The molecule has 0 spiro atoms. The number of hydrogen-bond donors (Lipinski definition) is 2. The van der Waals surface area contributed by atoms with Crippen molar-refractivity contribution in [2.24, 2.45) is 0 Å². The number of halogens is 4. The second-order valence-corrected chi connectivity index (χ2v) is 9.95. The van der Waals surface area contributed by atoms with Crippen molar-refractivity contribution in [3.05, 3.63) is 95.6 Å². The van der Waals surface area contributed by atoms with Crippen LogP contribution in [-0.2, 0) is 10.3 Å². The number of hydrogen-bond acceptors (Lipinski definition) is 4. The summed E-state index contributed by atoms with van der Waals surface area (Å²) < 4.78 is 64.6. The molecule has 1 atom stereocenters. The van der Waals surface area contributed by atoms with Crippen LogP contribution in [0.2, 0.25) is 0 Å². The number of ether oxygens (including phenoxy) is 1. The molecular weight excluding hydrogens is 502 g/mol. The first-order chi connectivity index (χ1) is 17.8. The minimum atomic E-state index is -5.16. The summed E-state index contributed by atoms with van der Waals surface area (Å²) in [5.74, 6) is -1.26. The lowest BCUT2D eigenvalue weighted by atomic mass is 9.82. The van der Waals surface area contributed by atoms with Crippen LogP contribution in [0.1, 0.15) is 42.3 Å². The first-order valence-corrected chi connectivity index (χ1v) is 11.7. The van der Waals surface area contributed by atoms with E-state index < -0.39 is 40.3 Å². The molecule has 0 bridgehead atoms. The van der Waals surface area contributed by atoms with Gasteiger partial charge in [-0.3, -0.25) is 0 Å². The SMILES string of the molecule is CC(C)(C)OC(=O)c1c[nH]c2cccc(C(O)(c3ccc4c(cnn4-c4ccc(F)cc4)c3)C(F)(F)F)c12. The minimum Gasteiger partial charge on any atom is -0.456 e. The lowest BCUT2D eigenvalue weighted by Gasteiger charge is -2.32. The van der Waals surface area contributed by atoms with Crippen LogP contribution in [0.3, 0.4) is 0 Å². The van der Waals surface area contributed by atoms with E-state index in [9.17, 15) is 27.5 Å². The third-order valence-corrected chi connectivity index (χ3v) is 6.18. The third kappa shape index (κ3) is 4.20. The molecule has 5 aromatic rings. The van der Waals surface area contributed by atoms with Crippen LogP contribution < -0.4 is 0 Å². The van der Waals surface area contributed by atoms with Gasteiger partial charge in [0.15, 0.2) is 0 Å². The fourth-order valence-electron chi connectivity index (χ4n) is 4.50. The molecule has 3 aromatic carbocycles. The number of carbonyl (C=O) groups excluding carboxylic acids is 1. The number of aliphatic hydroxyl groups is 1. The summed E-state index contributed by atoms with van der Waals surface area (Å²) in [5.41, 5.74) is -4.26. The Balaban J connectivity index is 1.69. The number of H-pyrrole nitrogens is 1. The molecule has 0 aliphatic carbocycles. The summed E-state index contributed by atoms with van der Waals surface area (Å²) in [6.07, 6.45) is -2.53. The predicted octanol–water partition coefficient (Wildman–Crippen LogP) is 6.40. The summed E-state index contributed by atoms with van der Waals surface area (Å²) in [5, 5.41) is 16.0. The number of esters is 1. The van der Waals surface area contributed by atoms with Crippen LogP contribution in [0.15, 0.2) is 73.1 Å². The largest absolute Gasteiger partial charge is 0.456 e. The topological polar surface area (TPSA) is 80.1 Å². The molecule has 2 N–H and O–H groups in total. The lowest BCUT2D eigenvalue weighted by molar-refractivity contribution is -0.247. The van der Waals surface area contributed by atoms with E-state index in [0.29, 0.717) is 16.6 Å². The Kier molecular flexibility index (Phi) is 5.83. The van der Waals surface area contributed by atoms with E-state index >= 15 is 0 Å². The summed E-state index contributed by atoms with van der Waals surface area (Å²) in [6.45, 7) is 4.94. The van der Waals surface area contributed by atoms with Crippen molar-refractivity contribution in [2.45, 2.75) is 38.1 Å². The molecule has 0 amide bonds. The Morgan fingerprint density at radius 2 is 1.74 bits per heavy atom. The molecule has 0 saturated heterocycles. The number of fused-ring (bicyclic) bond motifs is 2. The summed E-state index contributed by atoms with van der Waals surface area (Å²) in [7, 11) is 0.